The van der Waals surface area contributed by atoms with Gasteiger partial charge in [-0.15, -0.1) is 0 Å². The Kier molecular flexibility index (Phi) is 4.40. The van der Waals surface area contributed by atoms with Crippen LogP contribution in [-0.4, -0.2) is 17.4 Å². The van der Waals surface area contributed by atoms with E-state index < -0.39 is 11.8 Å². The Bertz CT molecular complexity index is 449. The van der Waals surface area contributed by atoms with Gasteiger partial charge in [-0.3, -0.25) is 4.79 Å². The number of hydrogen-bond donors (Lipinski definition) is 1. The molecule has 0 saturated heterocycles. The third-order valence-electron chi connectivity index (χ3n) is 1.65. The van der Waals surface area contributed by atoms with Crippen molar-refractivity contribution in [1.29, 1.82) is 0 Å². The molecule has 84 valence electrons. The Morgan fingerprint density at radius 3 is 2.94 bits per heavy atom. The van der Waals surface area contributed by atoms with E-state index in [1.165, 1.54) is 6.92 Å². The van der Waals surface area contributed by atoms with E-state index in [-0.39, 0.29) is 5.91 Å². The van der Waals surface area contributed by atoms with Crippen LogP contribution in [-0.2, 0) is 4.79 Å². The molecule has 0 saturated carbocycles. The van der Waals surface area contributed by atoms with Crippen LogP contribution in [0.1, 0.15) is 18.9 Å². The van der Waals surface area contributed by atoms with Crippen molar-refractivity contribution in [3.05, 3.63) is 29.6 Å². The molecule has 1 N–H and O–H groups in total. The van der Waals surface area contributed by atoms with Crippen LogP contribution in [0.15, 0.2) is 12.3 Å². The van der Waals surface area contributed by atoms with E-state index in [0.717, 1.165) is 12.3 Å². The van der Waals surface area contributed by atoms with Crippen LogP contribution in [0.2, 0.25) is 0 Å². The Hall–Kier alpha value is -1.96. The Labute approximate surface area is 91.9 Å². The Morgan fingerprint density at radius 1 is 1.56 bits per heavy atom. The van der Waals surface area contributed by atoms with Gasteiger partial charge in [-0.25, -0.2) is 9.37 Å². The number of nitrogens with zero attached hydrogens (tertiary/aromatic N) is 1. The number of aromatic nitrogens is 1. The molecule has 1 heterocycles. The second-order valence-electron chi connectivity index (χ2n) is 3.03. The first kappa shape index (κ1) is 12.1. The molecule has 3 nitrogen and oxygen atoms in total. The van der Waals surface area contributed by atoms with Crippen LogP contribution < -0.4 is 5.32 Å². The molecule has 0 fully saturated rings. The summed E-state index contributed by atoms with van der Waals surface area (Å²) in [6.45, 7) is 1.84. The van der Waals surface area contributed by atoms with Crippen LogP contribution in [0.4, 0.5) is 8.78 Å². The lowest BCUT2D eigenvalue weighted by Gasteiger charge is -1.95. The number of nitrogens with one attached hydrogen (secondary N) is 1. The highest BCUT2D eigenvalue weighted by Gasteiger charge is 2.01. The molecule has 0 aliphatic carbocycles. The van der Waals surface area contributed by atoms with Crippen LogP contribution in [0.3, 0.4) is 0 Å². The number of hydrogen-bond acceptors (Lipinski definition) is 2. The van der Waals surface area contributed by atoms with E-state index in [2.05, 4.69) is 22.1 Å². The predicted octanol–water partition coefficient (Wildman–Crippen LogP) is 1.24. The van der Waals surface area contributed by atoms with Gasteiger partial charge in [0, 0.05) is 31.6 Å². The zero-order chi connectivity index (χ0) is 12.0. The summed E-state index contributed by atoms with van der Waals surface area (Å²) in [5, 5.41) is 2.56. The monoisotopic (exact) mass is 224 g/mol. The van der Waals surface area contributed by atoms with Gasteiger partial charge in [0.1, 0.15) is 0 Å². The average molecular weight is 224 g/mol. The fraction of sp³-hybridized carbons (Fsp3) is 0.273. The van der Waals surface area contributed by atoms with Crippen molar-refractivity contribution in [3.8, 4) is 11.8 Å². The molecule has 1 aromatic heterocycles. The number of pyridine rings is 1. The normalized spacial score (nSPS) is 9.19. The number of halogens is 2. The number of carbonyl (C=O) groups excluding carboxylic acids is 1. The molecule has 5 heteroatoms. The van der Waals surface area contributed by atoms with Gasteiger partial charge in [-0.05, 0) is 6.07 Å². The zero-order valence-electron chi connectivity index (χ0n) is 8.68. The molecule has 0 aromatic carbocycles. The van der Waals surface area contributed by atoms with E-state index >= 15 is 0 Å². The fourth-order valence-corrected chi connectivity index (χ4v) is 0.955. The molecule has 0 spiro atoms. The topological polar surface area (TPSA) is 42.0 Å². The zero-order valence-corrected chi connectivity index (χ0v) is 8.68. The SMILES string of the molecule is CC(=O)NCCC#Cc1cnc(F)c(F)c1. The molecular formula is C11H10F2N2O. The molecule has 0 aliphatic heterocycles. The number of rotatable bonds is 2. The predicted molar refractivity (Wildman–Crippen MR) is 54.3 cm³/mol. The molecule has 0 unspecified atom stereocenters. The Morgan fingerprint density at radius 2 is 2.31 bits per heavy atom. The molecule has 0 atom stereocenters. The first-order chi connectivity index (χ1) is 7.59. The molecule has 16 heavy (non-hydrogen) atoms. The summed E-state index contributed by atoms with van der Waals surface area (Å²) < 4.78 is 25.1. The minimum Gasteiger partial charge on any atom is -0.355 e. The van der Waals surface area contributed by atoms with Gasteiger partial charge < -0.3 is 5.32 Å². The summed E-state index contributed by atoms with van der Waals surface area (Å²) in [7, 11) is 0. The lowest BCUT2D eigenvalue weighted by Crippen LogP contribution is -2.20. The average Bonchev–Trinajstić information content (AvgIpc) is 2.22. The lowest BCUT2D eigenvalue weighted by molar-refractivity contribution is -0.118. The second-order valence-corrected chi connectivity index (χ2v) is 3.03. The summed E-state index contributed by atoms with van der Waals surface area (Å²) in [6, 6.07) is 0.980. The van der Waals surface area contributed by atoms with E-state index in [0.29, 0.717) is 18.5 Å². The first-order valence-electron chi connectivity index (χ1n) is 4.64. The van der Waals surface area contributed by atoms with Gasteiger partial charge >= 0.3 is 0 Å². The number of carbonyl (C=O) groups is 1. The van der Waals surface area contributed by atoms with E-state index in [4.69, 9.17) is 0 Å². The van der Waals surface area contributed by atoms with Crippen LogP contribution in [0.5, 0.6) is 0 Å². The fourth-order valence-electron chi connectivity index (χ4n) is 0.955. The molecule has 0 aliphatic rings. The van der Waals surface area contributed by atoms with Gasteiger partial charge in [-0.2, -0.15) is 4.39 Å². The highest BCUT2D eigenvalue weighted by Crippen LogP contribution is 2.03. The quantitative estimate of drug-likeness (QED) is 0.466. The van der Waals surface area contributed by atoms with Crippen molar-refractivity contribution in [3.63, 3.8) is 0 Å². The van der Waals surface area contributed by atoms with Crippen molar-refractivity contribution in [2.75, 3.05) is 6.54 Å². The van der Waals surface area contributed by atoms with Crippen LogP contribution in [0.25, 0.3) is 0 Å². The molecule has 0 radical (unpaired) electrons. The van der Waals surface area contributed by atoms with Gasteiger partial charge in [0.05, 0.1) is 0 Å². The first-order valence-corrected chi connectivity index (χ1v) is 4.64. The number of amides is 1. The molecule has 1 amide bonds. The minimum atomic E-state index is -1.14. The summed E-state index contributed by atoms with van der Waals surface area (Å²) in [5.74, 6) is 3.04. The van der Waals surface area contributed by atoms with E-state index in [9.17, 15) is 13.6 Å². The van der Waals surface area contributed by atoms with E-state index in [1.807, 2.05) is 0 Å². The van der Waals surface area contributed by atoms with Gasteiger partial charge in [0.2, 0.25) is 11.9 Å². The van der Waals surface area contributed by atoms with Crippen LogP contribution in [0, 0.1) is 23.6 Å². The Balaban J connectivity index is 2.50. The molecular weight excluding hydrogens is 214 g/mol. The summed E-state index contributed by atoms with van der Waals surface area (Å²) in [6.07, 6.45) is 1.60. The maximum Gasteiger partial charge on any atom is 0.248 e. The highest BCUT2D eigenvalue weighted by atomic mass is 19.2. The second kappa shape index (κ2) is 5.81. The minimum absolute atomic E-state index is 0.128. The largest absolute Gasteiger partial charge is 0.355 e. The van der Waals surface area contributed by atoms with Gasteiger partial charge in [-0.1, -0.05) is 11.8 Å². The third kappa shape index (κ3) is 4.05. The van der Waals surface area contributed by atoms with Crippen molar-refractivity contribution in [2.24, 2.45) is 0 Å². The smallest absolute Gasteiger partial charge is 0.248 e. The molecule has 1 aromatic rings. The van der Waals surface area contributed by atoms with Crippen molar-refractivity contribution in [1.82, 2.24) is 10.3 Å². The van der Waals surface area contributed by atoms with Gasteiger partial charge in [0.25, 0.3) is 0 Å². The maximum absolute atomic E-state index is 12.7. The summed E-state index contributed by atoms with van der Waals surface area (Å²) in [5.41, 5.74) is 0.307. The standard InChI is InChI=1S/C11H10F2N2O/c1-8(16)14-5-3-2-4-9-6-10(12)11(13)15-7-9/h6-7H,3,5H2,1H3,(H,14,16). The third-order valence-corrected chi connectivity index (χ3v) is 1.65. The van der Waals surface area contributed by atoms with Crippen molar-refractivity contribution in [2.45, 2.75) is 13.3 Å². The molecule has 0 bridgehead atoms. The summed E-state index contributed by atoms with van der Waals surface area (Å²) in [4.78, 5) is 13.7. The van der Waals surface area contributed by atoms with Gasteiger partial charge in [0.15, 0.2) is 5.82 Å². The van der Waals surface area contributed by atoms with Crippen molar-refractivity contribution >= 4 is 5.91 Å². The lowest BCUT2D eigenvalue weighted by atomic mass is 10.2. The van der Waals surface area contributed by atoms with E-state index in [1.54, 1.807) is 0 Å². The highest BCUT2D eigenvalue weighted by molar-refractivity contribution is 5.72. The summed E-state index contributed by atoms with van der Waals surface area (Å²) >= 11 is 0. The van der Waals surface area contributed by atoms with Crippen molar-refractivity contribution < 1.29 is 13.6 Å². The van der Waals surface area contributed by atoms with Crippen LogP contribution >= 0.6 is 0 Å². The maximum atomic E-state index is 12.7. The molecule has 1 rings (SSSR count).